The van der Waals surface area contributed by atoms with Crippen LogP contribution < -0.4 is 10.1 Å². The van der Waals surface area contributed by atoms with Crippen LogP contribution in [0, 0.1) is 6.92 Å². The first kappa shape index (κ1) is 18.9. The van der Waals surface area contributed by atoms with Crippen LogP contribution in [0.5, 0.6) is 5.75 Å². The maximum atomic E-state index is 12.8. The molecule has 0 atom stereocenters. The summed E-state index contributed by atoms with van der Waals surface area (Å²) in [5, 5.41) is 20.5. The van der Waals surface area contributed by atoms with E-state index in [0.29, 0.717) is 24.3 Å². The molecule has 3 rings (SSSR count). The summed E-state index contributed by atoms with van der Waals surface area (Å²) in [6.07, 6.45) is 4.39. The molecule has 144 valence electrons. The minimum atomic E-state index is -1.23. The van der Waals surface area contributed by atoms with Gasteiger partial charge >= 0.3 is 5.97 Å². The largest absolute Gasteiger partial charge is 0.497 e. The number of ether oxygens (including phenoxy) is 1. The van der Waals surface area contributed by atoms with Gasteiger partial charge in [0.05, 0.1) is 18.5 Å². The Hall–Kier alpha value is -2.90. The van der Waals surface area contributed by atoms with Crippen molar-refractivity contribution in [1.29, 1.82) is 0 Å². The summed E-state index contributed by atoms with van der Waals surface area (Å²) in [5.41, 5.74) is 0.189. The molecule has 1 aliphatic rings. The number of hydrogen-bond donors (Lipinski definition) is 2. The van der Waals surface area contributed by atoms with E-state index in [1.165, 1.54) is 0 Å². The Balaban J connectivity index is 1.84. The first-order valence-corrected chi connectivity index (χ1v) is 9.09. The maximum absolute atomic E-state index is 12.8. The van der Waals surface area contributed by atoms with Crippen LogP contribution in [0.15, 0.2) is 24.3 Å². The molecule has 1 saturated carbocycles. The predicted molar refractivity (Wildman–Crippen MR) is 98.2 cm³/mol. The first-order valence-electron chi connectivity index (χ1n) is 9.09. The Kier molecular flexibility index (Phi) is 5.43. The van der Waals surface area contributed by atoms with Crippen molar-refractivity contribution in [1.82, 2.24) is 20.3 Å². The summed E-state index contributed by atoms with van der Waals surface area (Å²) in [5.74, 6) is -0.777. The quantitative estimate of drug-likeness (QED) is 0.781. The molecule has 0 aliphatic heterocycles. The zero-order valence-corrected chi connectivity index (χ0v) is 15.6. The summed E-state index contributed by atoms with van der Waals surface area (Å²) in [6.45, 7) is 1.74. The van der Waals surface area contributed by atoms with Crippen LogP contribution >= 0.6 is 0 Å². The summed E-state index contributed by atoms with van der Waals surface area (Å²) in [4.78, 5) is 24.7. The number of nitrogens with zero attached hydrogens (tertiary/aromatic N) is 3. The molecule has 27 heavy (non-hydrogen) atoms. The lowest BCUT2D eigenvalue weighted by molar-refractivity contribution is -0.145. The molecule has 0 bridgehead atoms. The lowest BCUT2D eigenvalue weighted by Crippen LogP contribution is -2.54. The SMILES string of the molecule is COc1ccc(-n2nnc(C(=O)NC3(C(=O)O)CCCCCC3)c2C)cc1. The van der Waals surface area contributed by atoms with E-state index in [9.17, 15) is 14.7 Å². The second-order valence-electron chi connectivity index (χ2n) is 6.89. The molecule has 0 unspecified atom stereocenters. The number of methoxy groups -OCH3 is 1. The highest BCUT2D eigenvalue weighted by molar-refractivity contribution is 5.97. The Morgan fingerprint density at radius 2 is 1.78 bits per heavy atom. The number of carbonyl (C=O) groups is 2. The van der Waals surface area contributed by atoms with E-state index >= 15 is 0 Å². The molecule has 1 amide bonds. The van der Waals surface area contributed by atoms with Crippen molar-refractivity contribution < 1.29 is 19.4 Å². The number of amides is 1. The monoisotopic (exact) mass is 372 g/mol. The smallest absolute Gasteiger partial charge is 0.329 e. The third-order valence-electron chi connectivity index (χ3n) is 5.15. The van der Waals surface area contributed by atoms with Crippen LogP contribution in [-0.2, 0) is 4.79 Å². The van der Waals surface area contributed by atoms with Gasteiger partial charge in [-0.05, 0) is 44.0 Å². The molecule has 1 aliphatic carbocycles. The van der Waals surface area contributed by atoms with Crippen LogP contribution in [0.2, 0.25) is 0 Å². The van der Waals surface area contributed by atoms with Crippen molar-refractivity contribution >= 4 is 11.9 Å². The fraction of sp³-hybridized carbons (Fsp3) is 0.474. The third kappa shape index (κ3) is 3.79. The van der Waals surface area contributed by atoms with Crippen LogP contribution in [0.25, 0.3) is 5.69 Å². The van der Waals surface area contributed by atoms with E-state index in [2.05, 4.69) is 15.6 Å². The number of aliphatic carboxylic acids is 1. The second kappa shape index (κ2) is 7.77. The molecular weight excluding hydrogens is 348 g/mol. The van der Waals surface area contributed by atoms with Gasteiger partial charge in [-0.3, -0.25) is 4.79 Å². The summed E-state index contributed by atoms with van der Waals surface area (Å²) in [6, 6.07) is 7.21. The highest BCUT2D eigenvalue weighted by atomic mass is 16.5. The van der Waals surface area contributed by atoms with Gasteiger partial charge < -0.3 is 15.2 Å². The minimum Gasteiger partial charge on any atom is -0.497 e. The van der Waals surface area contributed by atoms with Gasteiger partial charge in [0.25, 0.3) is 5.91 Å². The lowest BCUT2D eigenvalue weighted by atomic mass is 9.90. The lowest BCUT2D eigenvalue weighted by Gasteiger charge is -2.28. The van der Waals surface area contributed by atoms with Crippen LogP contribution in [0.3, 0.4) is 0 Å². The van der Waals surface area contributed by atoms with Gasteiger partial charge in [-0.25, -0.2) is 9.48 Å². The molecule has 2 aromatic rings. The van der Waals surface area contributed by atoms with Gasteiger partial charge in [0, 0.05) is 0 Å². The van der Waals surface area contributed by atoms with Gasteiger partial charge in [0.15, 0.2) is 5.69 Å². The maximum Gasteiger partial charge on any atom is 0.329 e. The Morgan fingerprint density at radius 1 is 1.15 bits per heavy atom. The molecule has 1 fully saturated rings. The molecule has 1 aromatic carbocycles. The topological polar surface area (TPSA) is 106 Å². The highest BCUT2D eigenvalue weighted by Crippen LogP contribution is 2.28. The first-order chi connectivity index (χ1) is 13.0. The van der Waals surface area contributed by atoms with Gasteiger partial charge in [-0.2, -0.15) is 0 Å². The number of rotatable bonds is 5. The number of benzene rings is 1. The van der Waals surface area contributed by atoms with Crippen molar-refractivity contribution in [2.24, 2.45) is 0 Å². The fourth-order valence-corrected chi connectivity index (χ4v) is 3.51. The predicted octanol–water partition coefficient (Wildman–Crippen LogP) is 2.49. The highest BCUT2D eigenvalue weighted by Gasteiger charge is 2.41. The molecule has 8 heteroatoms. The molecular formula is C19H24N4O4. The Labute approximate surface area is 157 Å². The van der Waals surface area contributed by atoms with Gasteiger partial charge in [0.1, 0.15) is 11.3 Å². The van der Waals surface area contributed by atoms with Crippen molar-refractivity contribution in [3.8, 4) is 11.4 Å². The minimum absolute atomic E-state index is 0.135. The summed E-state index contributed by atoms with van der Waals surface area (Å²) >= 11 is 0. The number of carbonyl (C=O) groups excluding carboxylic acids is 1. The standard InChI is InChI=1S/C19H24N4O4/c1-13-16(21-22-23(13)14-7-9-15(27-2)10-8-14)17(24)20-19(18(25)26)11-5-3-4-6-12-19/h7-10H,3-6,11-12H2,1-2H3,(H,20,24)(H,25,26). The number of aromatic nitrogens is 3. The Morgan fingerprint density at radius 3 is 2.33 bits per heavy atom. The van der Waals surface area contributed by atoms with E-state index in [1.54, 1.807) is 30.8 Å². The van der Waals surface area contributed by atoms with Crippen molar-refractivity contribution in [2.75, 3.05) is 7.11 Å². The number of nitrogens with one attached hydrogen (secondary N) is 1. The molecule has 8 nitrogen and oxygen atoms in total. The van der Waals surface area contributed by atoms with Gasteiger partial charge in [-0.1, -0.05) is 30.9 Å². The van der Waals surface area contributed by atoms with Crippen molar-refractivity contribution in [3.05, 3.63) is 35.7 Å². The summed E-state index contributed by atoms with van der Waals surface area (Å²) in [7, 11) is 1.59. The zero-order chi connectivity index (χ0) is 19.4. The molecule has 0 radical (unpaired) electrons. The normalized spacial score (nSPS) is 16.4. The zero-order valence-electron chi connectivity index (χ0n) is 15.6. The van der Waals surface area contributed by atoms with Crippen LogP contribution in [0.1, 0.15) is 54.7 Å². The Bertz CT molecular complexity index is 821. The third-order valence-corrected chi connectivity index (χ3v) is 5.15. The second-order valence-corrected chi connectivity index (χ2v) is 6.89. The van der Waals surface area contributed by atoms with E-state index in [-0.39, 0.29) is 5.69 Å². The van der Waals surface area contributed by atoms with E-state index in [4.69, 9.17) is 4.74 Å². The van der Waals surface area contributed by atoms with Crippen molar-refractivity contribution in [2.45, 2.75) is 51.0 Å². The van der Waals surface area contributed by atoms with E-state index in [0.717, 1.165) is 31.4 Å². The van der Waals surface area contributed by atoms with Crippen LogP contribution in [-0.4, -0.2) is 44.6 Å². The molecule has 1 heterocycles. The van der Waals surface area contributed by atoms with Gasteiger partial charge in [0.2, 0.25) is 0 Å². The number of carboxylic acid groups (broad SMARTS) is 1. The number of hydrogen-bond acceptors (Lipinski definition) is 5. The molecule has 0 spiro atoms. The average Bonchev–Trinajstić information content (AvgIpc) is 2.89. The van der Waals surface area contributed by atoms with Crippen LogP contribution in [0.4, 0.5) is 0 Å². The molecule has 1 aromatic heterocycles. The van der Waals surface area contributed by atoms with Crippen molar-refractivity contribution in [3.63, 3.8) is 0 Å². The summed E-state index contributed by atoms with van der Waals surface area (Å²) < 4.78 is 6.69. The fourth-order valence-electron chi connectivity index (χ4n) is 3.51. The molecule has 2 N–H and O–H groups in total. The number of carboxylic acids is 1. The van der Waals surface area contributed by atoms with E-state index < -0.39 is 17.4 Å². The molecule has 0 saturated heterocycles. The van der Waals surface area contributed by atoms with E-state index in [1.807, 2.05) is 12.1 Å². The average molecular weight is 372 g/mol. The van der Waals surface area contributed by atoms with Gasteiger partial charge in [-0.15, -0.1) is 5.10 Å².